The summed E-state index contributed by atoms with van der Waals surface area (Å²) in [6.45, 7) is 0. The van der Waals surface area contributed by atoms with E-state index in [9.17, 15) is 4.79 Å². The molecule has 0 aliphatic heterocycles. The van der Waals surface area contributed by atoms with Crippen LogP contribution in [0.4, 0.5) is 0 Å². The fourth-order valence-electron chi connectivity index (χ4n) is 3.84. The number of ether oxygens (including phenoxy) is 1. The van der Waals surface area contributed by atoms with Crippen molar-refractivity contribution in [3.63, 3.8) is 0 Å². The summed E-state index contributed by atoms with van der Waals surface area (Å²) in [4.78, 5) is 12.5. The summed E-state index contributed by atoms with van der Waals surface area (Å²) in [5.74, 6) is 1.34. The highest BCUT2D eigenvalue weighted by Crippen LogP contribution is 2.28. The van der Waals surface area contributed by atoms with Crippen molar-refractivity contribution in [2.45, 2.75) is 5.16 Å². The molecule has 0 radical (unpaired) electrons. The molecule has 0 bridgehead atoms. The van der Waals surface area contributed by atoms with Crippen molar-refractivity contribution in [3.05, 3.63) is 115 Å². The standard InChI is InChI=1S/C30H25N5O2S/c1-37-27-18-16-26(17-19-27)35-29(25-10-6-3-7-11-25)33-34-30(35)38-21-28(36)32-31-20-22-12-14-24(15-13-22)23-8-4-2-5-9-23/h2-20H,21H2,1H3,(H,32,36)/b31-20-. The van der Waals surface area contributed by atoms with Crippen LogP contribution in [0.2, 0.25) is 0 Å². The maximum atomic E-state index is 12.5. The second-order valence-corrected chi connectivity index (χ2v) is 9.22. The average molecular weight is 520 g/mol. The zero-order valence-electron chi connectivity index (χ0n) is 20.7. The number of carbonyl (C=O) groups is 1. The zero-order valence-corrected chi connectivity index (χ0v) is 21.5. The Morgan fingerprint density at radius 1 is 0.842 bits per heavy atom. The molecule has 0 spiro atoms. The minimum Gasteiger partial charge on any atom is -0.497 e. The summed E-state index contributed by atoms with van der Waals surface area (Å²) in [7, 11) is 1.63. The summed E-state index contributed by atoms with van der Waals surface area (Å²) in [6, 6.07) is 35.6. The molecule has 7 nitrogen and oxygen atoms in total. The number of rotatable bonds is 9. The van der Waals surface area contributed by atoms with Gasteiger partial charge in [0.15, 0.2) is 11.0 Å². The maximum Gasteiger partial charge on any atom is 0.250 e. The third kappa shape index (κ3) is 5.99. The summed E-state index contributed by atoms with van der Waals surface area (Å²) >= 11 is 1.29. The second kappa shape index (κ2) is 12.0. The van der Waals surface area contributed by atoms with Crippen molar-refractivity contribution < 1.29 is 9.53 Å². The van der Waals surface area contributed by atoms with Crippen LogP contribution in [0.3, 0.4) is 0 Å². The summed E-state index contributed by atoms with van der Waals surface area (Å²) in [6.07, 6.45) is 1.63. The van der Waals surface area contributed by atoms with Gasteiger partial charge in [0.2, 0.25) is 0 Å². The molecule has 188 valence electrons. The largest absolute Gasteiger partial charge is 0.497 e. The van der Waals surface area contributed by atoms with Crippen LogP contribution in [0.1, 0.15) is 5.56 Å². The number of nitrogens with zero attached hydrogens (tertiary/aromatic N) is 4. The Kier molecular flexibility index (Phi) is 7.91. The van der Waals surface area contributed by atoms with Crippen LogP contribution in [0.25, 0.3) is 28.2 Å². The summed E-state index contributed by atoms with van der Waals surface area (Å²) in [5, 5.41) is 13.5. The SMILES string of the molecule is COc1ccc(-n2c(SCC(=O)N/N=C\c3ccc(-c4ccccc4)cc3)nnc2-c2ccccc2)cc1. The van der Waals surface area contributed by atoms with Crippen LogP contribution in [0.5, 0.6) is 5.75 Å². The molecule has 1 N–H and O–H groups in total. The number of hydrazone groups is 1. The lowest BCUT2D eigenvalue weighted by atomic mass is 10.0. The van der Waals surface area contributed by atoms with E-state index in [4.69, 9.17) is 4.74 Å². The van der Waals surface area contributed by atoms with Gasteiger partial charge in [-0.05, 0) is 41.0 Å². The van der Waals surface area contributed by atoms with E-state index in [-0.39, 0.29) is 11.7 Å². The maximum absolute atomic E-state index is 12.5. The first-order chi connectivity index (χ1) is 18.7. The lowest BCUT2D eigenvalue weighted by Crippen LogP contribution is -2.20. The first kappa shape index (κ1) is 25.0. The van der Waals surface area contributed by atoms with E-state index in [0.717, 1.165) is 33.7 Å². The van der Waals surface area contributed by atoms with Crippen LogP contribution in [0.15, 0.2) is 119 Å². The van der Waals surface area contributed by atoms with E-state index in [0.29, 0.717) is 11.0 Å². The van der Waals surface area contributed by atoms with E-state index < -0.39 is 0 Å². The third-order valence-corrected chi connectivity index (χ3v) is 6.68. The lowest BCUT2D eigenvalue weighted by Gasteiger charge is -2.11. The monoisotopic (exact) mass is 519 g/mol. The highest BCUT2D eigenvalue weighted by molar-refractivity contribution is 7.99. The van der Waals surface area contributed by atoms with Gasteiger partial charge in [0, 0.05) is 11.3 Å². The van der Waals surface area contributed by atoms with Crippen molar-refractivity contribution in [3.8, 4) is 34.0 Å². The van der Waals surface area contributed by atoms with Gasteiger partial charge in [0.05, 0.1) is 19.1 Å². The van der Waals surface area contributed by atoms with Gasteiger partial charge in [-0.15, -0.1) is 10.2 Å². The molecule has 1 heterocycles. The van der Waals surface area contributed by atoms with Crippen LogP contribution in [0, 0.1) is 0 Å². The first-order valence-corrected chi connectivity index (χ1v) is 13.0. The number of hydrogen-bond acceptors (Lipinski definition) is 6. The molecule has 5 rings (SSSR count). The Labute approximate surface area is 225 Å². The fourth-order valence-corrected chi connectivity index (χ4v) is 4.58. The molecule has 38 heavy (non-hydrogen) atoms. The molecule has 0 fully saturated rings. The Morgan fingerprint density at radius 3 is 2.13 bits per heavy atom. The number of carbonyl (C=O) groups excluding carboxylic acids is 1. The van der Waals surface area contributed by atoms with Crippen molar-refractivity contribution in [2.75, 3.05) is 12.9 Å². The first-order valence-electron chi connectivity index (χ1n) is 12.0. The Balaban J connectivity index is 1.25. The molecule has 1 amide bonds. The van der Waals surface area contributed by atoms with Gasteiger partial charge >= 0.3 is 0 Å². The predicted molar refractivity (Wildman–Crippen MR) is 152 cm³/mol. The van der Waals surface area contributed by atoms with Gasteiger partial charge in [-0.3, -0.25) is 9.36 Å². The number of methoxy groups -OCH3 is 1. The Hall–Kier alpha value is -4.69. The predicted octanol–water partition coefficient (Wildman–Crippen LogP) is 5.85. The van der Waals surface area contributed by atoms with Gasteiger partial charge in [-0.1, -0.05) is 96.7 Å². The molecule has 0 unspecified atom stereocenters. The van der Waals surface area contributed by atoms with Gasteiger partial charge < -0.3 is 4.74 Å². The number of hydrogen-bond donors (Lipinski definition) is 1. The second-order valence-electron chi connectivity index (χ2n) is 8.28. The normalized spacial score (nSPS) is 11.0. The number of nitrogens with one attached hydrogen (secondary N) is 1. The van der Waals surface area contributed by atoms with Crippen LogP contribution in [-0.4, -0.2) is 39.7 Å². The van der Waals surface area contributed by atoms with Crippen LogP contribution < -0.4 is 10.2 Å². The van der Waals surface area contributed by atoms with Gasteiger partial charge in [0.25, 0.3) is 5.91 Å². The lowest BCUT2D eigenvalue weighted by molar-refractivity contribution is -0.118. The molecule has 0 atom stereocenters. The van der Waals surface area contributed by atoms with Crippen molar-refractivity contribution in [2.24, 2.45) is 5.10 Å². The third-order valence-electron chi connectivity index (χ3n) is 5.75. The molecule has 8 heteroatoms. The fraction of sp³-hybridized carbons (Fsp3) is 0.0667. The average Bonchev–Trinajstić information content (AvgIpc) is 3.41. The molecule has 0 aliphatic carbocycles. The molecule has 0 saturated heterocycles. The summed E-state index contributed by atoms with van der Waals surface area (Å²) in [5.41, 5.74) is 7.56. The van der Waals surface area contributed by atoms with E-state index in [1.165, 1.54) is 11.8 Å². The van der Waals surface area contributed by atoms with Crippen LogP contribution >= 0.6 is 11.8 Å². The minimum absolute atomic E-state index is 0.132. The van der Waals surface area contributed by atoms with Crippen molar-refractivity contribution in [1.82, 2.24) is 20.2 Å². The van der Waals surface area contributed by atoms with Crippen molar-refractivity contribution in [1.29, 1.82) is 0 Å². The molecule has 5 aromatic rings. The zero-order chi connectivity index (χ0) is 26.2. The topological polar surface area (TPSA) is 81.4 Å². The minimum atomic E-state index is -0.238. The van der Waals surface area contributed by atoms with Gasteiger partial charge in [-0.25, -0.2) is 5.43 Å². The Bertz CT molecular complexity index is 1520. The number of aromatic nitrogens is 3. The van der Waals surface area contributed by atoms with Gasteiger partial charge in [0.1, 0.15) is 5.75 Å². The van der Waals surface area contributed by atoms with E-state index in [1.807, 2.05) is 102 Å². The smallest absolute Gasteiger partial charge is 0.250 e. The molecular weight excluding hydrogens is 494 g/mol. The van der Waals surface area contributed by atoms with E-state index >= 15 is 0 Å². The van der Waals surface area contributed by atoms with Gasteiger partial charge in [-0.2, -0.15) is 5.10 Å². The Morgan fingerprint density at radius 2 is 1.47 bits per heavy atom. The van der Waals surface area contributed by atoms with Crippen LogP contribution in [-0.2, 0) is 4.79 Å². The van der Waals surface area contributed by atoms with E-state index in [1.54, 1.807) is 13.3 Å². The number of benzene rings is 4. The molecule has 0 aliphatic rings. The van der Waals surface area contributed by atoms with Crippen molar-refractivity contribution >= 4 is 23.9 Å². The highest BCUT2D eigenvalue weighted by atomic mass is 32.2. The summed E-state index contributed by atoms with van der Waals surface area (Å²) < 4.78 is 7.23. The quantitative estimate of drug-likeness (QED) is 0.150. The molecular formula is C30H25N5O2S. The number of thioether (sulfide) groups is 1. The van der Waals surface area contributed by atoms with E-state index in [2.05, 4.69) is 32.9 Å². The molecule has 0 saturated carbocycles. The number of amides is 1. The molecule has 4 aromatic carbocycles. The molecule has 1 aromatic heterocycles. The highest BCUT2D eigenvalue weighted by Gasteiger charge is 2.17.